The van der Waals surface area contributed by atoms with Crippen molar-refractivity contribution in [2.24, 2.45) is 0 Å². The number of nitro benzene ring substituents is 1. The van der Waals surface area contributed by atoms with Gasteiger partial charge in [0.05, 0.1) is 27.8 Å². The third kappa shape index (κ3) is 4.98. The standard InChI is InChI=1S/C17H10BrCl2N3O4/c1-27-15-3-2-11(18)5-9(15)4-10(8-21)17(24)22-16-13(19)6-12(23(25)26)7-14(16)20/h2-7H,1H3,(H,22,24)/b10-4+. The second-order valence-corrected chi connectivity index (χ2v) is 6.78. The van der Waals surface area contributed by atoms with Gasteiger partial charge in [-0.3, -0.25) is 14.9 Å². The Morgan fingerprint density at radius 1 is 1.33 bits per heavy atom. The zero-order chi connectivity index (χ0) is 20.1. The second kappa shape index (κ2) is 8.86. The van der Waals surface area contributed by atoms with E-state index in [0.717, 1.165) is 16.6 Å². The molecule has 0 saturated heterocycles. The number of nitrogens with zero attached hydrogens (tertiary/aromatic N) is 2. The normalized spacial score (nSPS) is 10.9. The van der Waals surface area contributed by atoms with Crippen molar-refractivity contribution in [1.29, 1.82) is 5.26 Å². The van der Waals surface area contributed by atoms with Crippen LogP contribution in [0.4, 0.5) is 11.4 Å². The molecule has 138 valence electrons. The van der Waals surface area contributed by atoms with Crippen LogP contribution in [0.3, 0.4) is 0 Å². The molecule has 2 rings (SSSR count). The van der Waals surface area contributed by atoms with Gasteiger partial charge in [-0.1, -0.05) is 39.1 Å². The Morgan fingerprint density at radius 3 is 2.48 bits per heavy atom. The Labute approximate surface area is 172 Å². The molecule has 0 aliphatic carbocycles. The fraction of sp³-hybridized carbons (Fsp3) is 0.0588. The summed E-state index contributed by atoms with van der Waals surface area (Å²) in [7, 11) is 1.46. The summed E-state index contributed by atoms with van der Waals surface area (Å²) >= 11 is 15.2. The van der Waals surface area contributed by atoms with Gasteiger partial charge >= 0.3 is 0 Å². The van der Waals surface area contributed by atoms with E-state index in [1.807, 2.05) is 0 Å². The molecule has 1 amide bonds. The number of non-ortho nitro benzene ring substituents is 1. The van der Waals surface area contributed by atoms with Crippen LogP contribution < -0.4 is 10.1 Å². The number of hydrogen-bond donors (Lipinski definition) is 1. The molecule has 0 bridgehead atoms. The second-order valence-electron chi connectivity index (χ2n) is 5.05. The number of carbonyl (C=O) groups excluding carboxylic acids is 1. The van der Waals surface area contributed by atoms with E-state index >= 15 is 0 Å². The van der Waals surface area contributed by atoms with Gasteiger partial charge in [-0.15, -0.1) is 0 Å². The van der Waals surface area contributed by atoms with Crippen LogP contribution in [0, 0.1) is 21.4 Å². The van der Waals surface area contributed by atoms with Crippen LogP contribution in [-0.2, 0) is 4.79 Å². The van der Waals surface area contributed by atoms with Gasteiger partial charge in [0, 0.05) is 22.2 Å². The van der Waals surface area contributed by atoms with Gasteiger partial charge in [-0.05, 0) is 24.3 Å². The molecule has 0 aliphatic heterocycles. The van der Waals surface area contributed by atoms with Gasteiger partial charge in [0.25, 0.3) is 11.6 Å². The lowest BCUT2D eigenvalue weighted by atomic mass is 10.1. The molecule has 7 nitrogen and oxygen atoms in total. The molecular weight excluding hydrogens is 461 g/mol. The van der Waals surface area contributed by atoms with Crippen molar-refractivity contribution < 1.29 is 14.5 Å². The number of hydrogen-bond acceptors (Lipinski definition) is 5. The summed E-state index contributed by atoms with van der Waals surface area (Å²) in [5.74, 6) is -0.317. The van der Waals surface area contributed by atoms with E-state index in [1.54, 1.807) is 24.3 Å². The fourth-order valence-electron chi connectivity index (χ4n) is 2.09. The average Bonchev–Trinajstić information content (AvgIpc) is 2.62. The lowest BCUT2D eigenvalue weighted by Crippen LogP contribution is -2.14. The van der Waals surface area contributed by atoms with Crippen molar-refractivity contribution in [1.82, 2.24) is 0 Å². The zero-order valence-electron chi connectivity index (χ0n) is 13.6. The van der Waals surface area contributed by atoms with Crippen LogP contribution in [-0.4, -0.2) is 17.9 Å². The van der Waals surface area contributed by atoms with E-state index in [4.69, 9.17) is 27.9 Å². The number of methoxy groups -OCH3 is 1. The SMILES string of the molecule is COc1ccc(Br)cc1/C=C(\C#N)C(=O)Nc1c(Cl)cc([N+](=O)[O-])cc1Cl. The van der Waals surface area contributed by atoms with E-state index in [0.29, 0.717) is 11.3 Å². The Kier molecular flexibility index (Phi) is 6.80. The first-order chi connectivity index (χ1) is 12.8. The molecule has 10 heteroatoms. The first kappa shape index (κ1) is 20.7. The molecule has 0 atom stereocenters. The minimum atomic E-state index is -0.780. The summed E-state index contributed by atoms with van der Waals surface area (Å²) in [4.78, 5) is 22.6. The molecule has 0 aromatic heterocycles. The summed E-state index contributed by atoms with van der Waals surface area (Å²) in [5, 5.41) is 22.3. The van der Waals surface area contributed by atoms with E-state index < -0.39 is 10.8 Å². The maximum Gasteiger partial charge on any atom is 0.272 e. The maximum atomic E-state index is 12.5. The van der Waals surface area contributed by atoms with Gasteiger partial charge in [-0.25, -0.2) is 0 Å². The molecule has 0 spiro atoms. The molecule has 0 aliphatic rings. The van der Waals surface area contributed by atoms with Crippen molar-refractivity contribution >= 4 is 62.5 Å². The van der Waals surface area contributed by atoms with Gasteiger partial charge in [0.1, 0.15) is 17.4 Å². The van der Waals surface area contributed by atoms with E-state index in [1.165, 1.54) is 13.2 Å². The van der Waals surface area contributed by atoms with Gasteiger partial charge in [-0.2, -0.15) is 5.26 Å². The molecular formula is C17H10BrCl2N3O4. The molecule has 0 heterocycles. The van der Waals surface area contributed by atoms with E-state index in [9.17, 15) is 20.2 Å². The van der Waals surface area contributed by atoms with Crippen molar-refractivity contribution in [2.45, 2.75) is 0 Å². The van der Waals surface area contributed by atoms with E-state index in [-0.39, 0.29) is 27.0 Å². The molecule has 2 aromatic carbocycles. The number of nitriles is 1. The minimum Gasteiger partial charge on any atom is -0.496 e. The highest BCUT2D eigenvalue weighted by atomic mass is 79.9. The maximum absolute atomic E-state index is 12.5. The molecule has 2 aromatic rings. The highest BCUT2D eigenvalue weighted by molar-refractivity contribution is 9.10. The smallest absolute Gasteiger partial charge is 0.272 e. The first-order valence-electron chi connectivity index (χ1n) is 7.17. The minimum absolute atomic E-state index is 0.0312. The van der Waals surface area contributed by atoms with E-state index in [2.05, 4.69) is 21.2 Å². The number of nitro groups is 1. The van der Waals surface area contributed by atoms with Crippen LogP contribution in [0.5, 0.6) is 5.75 Å². The number of benzene rings is 2. The number of amides is 1. The van der Waals surface area contributed by atoms with Gasteiger partial charge < -0.3 is 10.1 Å². The molecule has 0 unspecified atom stereocenters. The number of ether oxygens (including phenoxy) is 1. The Balaban J connectivity index is 2.38. The van der Waals surface area contributed by atoms with Crippen LogP contribution >= 0.6 is 39.1 Å². The van der Waals surface area contributed by atoms with Crippen LogP contribution in [0.15, 0.2) is 40.4 Å². The average molecular weight is 471 g/mol. The molecule has 27 heavy (non-hydrogen) atoms. The highest BCUT2D eigenvalue weighted by Gasteiger charge is 2.18. The van der Waals surface area contributed by atoms with Crippen molar-refractivity contribution in [3.8, 4) is 11.8 Å². The molecule has 0 saturated carbocycles. The summed E-state index contributed by atoms with van der Waals surface area (Å²) in [6, 6.07) is 9.00. The van der Waals surface area contributed by atoms with Crippen LogP contribution in [0.25, 0.3) is 6.08 Å². The monoisotopic (exact) mass is 469 g/mol. The molecule has 0 radical (unpaired) electrons. The third-order valence-corrected chi connectivity index (χ3v) is 4.42. The van der Waals surface area contributed by atoms with Crippen LogP contribution in [0.2, 0.25) is 10.0 Å². The number of rotatable bonds is 5. The first-order valence-corrected chi connectivity index (χ1v) is 8.71. The lowest BCUT2D eigenvalue weighted by molar-refractivity contribution is -0.384. The van der Waals surface area contributed by atoms with Crippen molar-refractivity contribution in [3.63, 3.8) is 0 Å². The Hall–Kier alpha value is -2.60. The summed E-state index contributed by atoms with van der Waals surface area (Å²) in [6.07, 6.45) is 1.34. The molecule has 0 fully saturated rings. The Bertz CT molecular complexity index is 979. The Morgan fingerprint density at radius 2 is 1.96 bits per heavy atom. The summed E-state index contributed by atoms with van der Waals surface area (Å²) in [5.41, 5.74) is -0.0921. The predicted octanol–water partition coefficient (Wildman–Crippen LogP) is 5.22. The number of halogens is 3. The fourth-order valence-corrected chi connectivity index (χ4v) is 3.04. The van der Waals surface area contributed by atoms with Gasteiger partial charge in [0.15, 0.2) is 0 Å². The quantitative estimate of drug-likeness (QED) is 0.279. The number of anilines is 1. The summed E-state index contributed by atoms with van der Waals surface area (Å²) < 4.78 is 5.94. The van der Waals surface area contributed by atoms with Crippen molar-refractivity contribution in [3.05, 3.63) is 66.1 Å². The predicted molar refractivity (Wildman–Crippen MR) is 106 cm³/mol. The zero-order valence-corrected chi connectivity index (χ0v) is 16.7. The lowest BCUT2D eigenvalue weighted by Gasteiger charge is -2.09. The summed E-state index contributed by atoms with van der Waals surface area (Å²) in [6.45, 7) is 0. The van der Waals surface area contributed by atoms with Gasteiger partial charge in [0.2, 0.25) is 0 Å². The molecule has 1 N–H and O–H groups in total. The largest absolute Gasteiger partial charge is 0.496 e. The number of nitrogens with one attached hydrogen (secondary N) is 1. The topological polar surface area (TPSA) is 105 Å². The third-order valence-electron chi connectivity index (χ3n) is 3.33. The number of carbonyl (C=O) groups is 1. The van der Waals surface area contributed by atoms with Crippen LogP contribution in [0.1, 0.15) is 5.56 Å². The highest BCUT2D eigenvalue weighted by Crippen LogP contribution is 2.35. The van der Waals surface area contributed by atoms with Crippen molar-refractivity contribution in [2.75, 3.05) is 12.4 Å².